The van der Waals surface area contributed by atoms with Gasteiger partial charge >= 0.3 is 5.76 Å². The third kappa shape index (κ3) is 3.02. The molecule has 0 aliphatic carbocycles. The zero-order chi connectivity index (χ0) is 18.1. The van der Waals surface area contributed by atoms with E-state index in [9.17, 15) is 14.9 Å². The smallest absolute Gasteiger partial charge is 0.387 e. The number of non-ortho nitro benzene ring substituents is 1. The third-order valence-corrected chi connectivity index (χ3v) is 4.29. The lowest BCUT2D eigenvalue weighted by atomic mass is 10.2. The Morgan fingerprint density at radius 3 is 2.73 bits per heavy atom. The lowest BCUT2D eigenvalue weighted by Gasteiger charge is -1.94. The van der Waals surface area contributed by atoms with Crippen molar-refractivity contribution in [3.63, 3.8) is 0 Å². The van der Waals surface area contributed by atoms with Gasteiger partial charge in [0.2, 0.25) is 11.7 Å². The number of aromatic nitrogens is 4. The van der Waals surface area contributed by atoms with Gasteiger partial charge < -0.3 is 8.94 Å². The van der Waals surface area contributed by atoms with Crippen LogP contribution in [0.1, 0.15) is 5.89 Å². The molecule has 0 fully saturated rings. The van der Waals surface area contributed by atoms with Crippen molar-refractivity contribution in [2.75, 3.05) is 0 Å². The highest BCUT2D eigenvalue weighted by Crippen LogP contribution is 2.22. The normalized spacial score (nSPS) is 10.9. The molecule has 0 unspecified atom stereocenters. The Balaban J connectivity index is 1.55. The van der Waals surface area contributed by atoms with E-state index in [0.29, 0.717) is 5.56 Å². The van der Waals surface area contributed by atoms with Gasteiger partial charge in [0.1, 0.15) is 6.54 Å². The highest BCUT2D eigenvalue weighted by atomic mass is 32.1. The summed E-state index contributed by atoms with van der Waals surface area (Å²) in [5, 5.41) is 20.5. The number of nitro groups is 1. The van der Waals surface area contributed by atoms with E-state index in [-0.39, 0.29) is 29.8 Å². The molecule has 0 radical (unpaired) electrons. The summed E-state index contributed by atoms with van der Waals surface area (Å²) < 4.78 is 11.3. The van der Waals surface area contributed by atoms with Gasteiger partial charge in [0.05, 0.1) is 9.80 Å². The average molecular weight is 371 g/mol. The van der Waals surface area contributed by atoms with Gasteiger partial charge in [-0.1, -0.05) is 11.2 Å². The number of rotatable bonds is 5. The Morgan fingerprint density at radius 1 is 1.23 bits per heavy atom. The molecule has 0 bridgehead atoms. The number of nitrogens with zero attached hydrogens (tertiary/aromatic N) is 5. The van der Waals surface area contributed by atoms with E-state index in [2.05, 4.69) is 15.2 Å². The zero-order valence-electron chi connectivity index (χ0n) is 12.9. The molecule has 0 saturated heterocycles. The number of thiophene rings is 1. The molecule has 0 aliphatic rings. The molecule has 3 aromatic heterocycles. The first-order valence-corrected chi connectivity index (χ1v) is 8.17. The molecule has 1 aromatic carbocycles. The van der Waals surface area contributed by atoms with Gasteiger partial charge in [0, 0.05) is 17.7 Å². The average Bonchev–Trinajstić information content (AvgIpc) is 3.37. The van der Waals surface area contributed by atoms with Gasteiger partial charge in [-0.2, -0.15) is 9.67 Å². The molecule has 26 heavy (non-hydrogen) atoms. The minimum atomic E-state index is -0.636. The number of benzene rings is 1. The topological polar surface area (TPSA) is 130 Å². The predicted octanol–water partition coefficient (Wildman–Crippen LogP) is 2.57. The minimum absolute atomic E-state index is 0.0345. The molecule has 11 heteroatoms. The highest BCUT2D eigenvalue weighted by Gasteiger charge is 2.15. The molecule has 0 N–H and O–H groups in total. The van der Waals surface area contributed by atoms with Gasteiger partial charge in [0.15, 0.2) is 0 Å². The molecule has 4 aromatic rings. The van der Waals surface area contributed by atoms with Crippen LogP contribution in [0.5, 0.6) is 0 Å². The maximum Gasteiger partial charge on any atom is 0.437 e. The van der Waals surface area contributed by atoms with Crippen LogP contribution in [0.4, 0.5) is 5.69 Å². The summed E-state index contributed by atoms with van der Waals surface area (Å²) in [6.45, 7) is -0.0479. The molecular weight excluding hydrogens is 362 g/mol. The van der Waals surface area contributed by atoms with Crippen LogP contribution >= 0.6 is 11.3 Å². The van der Waals surface area contributed by atoms with Crippen molar-refractivity contribution < 1.29 is 13.9 Å². The molecule has 0 spiro atoms. The summed E-state index contributed by atoms with van der Waals surface area (Å²) in [7, 11) is 0. The standard InChI is InChI=1S/C15H9N5O5S/c21-15-19(17-14(24-15)11-2-1-7-26-11)8-12-16-13(18-25-12)9-3-5-10(6-4-9)20(22)23/h1-7H,8H2. The van der Waals surface area contributed by atoms with Crippen molar-refractivity contribution in [2.24, 2.45) is 0 Å². The molecule has 0 atom stereocenters. The predicted molar refractivity (Wildman–Crippen MR) is 89.6 cm³/mol. The van der Waals surface area contributed by atoms with Gasteiger partial charge in [-0.05, 0) is 23.6 Å². The van der Waals surface area contributed by atoms with Crippen LogP contribution in [-0.2, 0) is 6.54 Å². The minimum Gasteiger partial charge on any atom is -0.387 e. The summed E-state index contributed by atoms with van der Waals surface area (Å²) in [4.78, 5) is 27.0. The summed E-state index contributed by atoms with van der Waals surface area (Å²) in [5.41, 5.74) is 0.519. The van der Waals surface area contributed by atoms with Crippen LogP contribution in [0.3, 0.4) is 0 Å². The lowest BCUT2D eigenvalue weighted by molar-refractivity contribution is -0.384. The summed E-state index contributed by atoms with van der Waals surface area (Å²) >= 11 is 1.40. The quantitative estimate of drug-likeness (QED) is 0.386. The van der Waals surface area contributed by atoms with E-state index >= 15 is 0 Å². The van der Waals surface area contributed by atoms with Crippen LogP contribution in [-0.4, -0.2) is 24.8 Å². The number of hydrogen-bond donors (Lipinski definition) is 0. The van der Waals surface area contributed by atoms with E-state index < -0.39 is 10.7 Å². The Kier molecular flexibility index (Phi) is 3.89. The van der Waals surface area contributed by atoms with Crippen molar-refractivity contribution in [1.82, 2.24) is 19.9 Å². The SMILES string of the molecule is O=c1oc(-c2cccs2)nn1Cc1nc(-c2ccc([N+](=O)[O-])cc2)no1. The van der Waals surface area contributed by atoms with Crippen LogP contribution in [0.15, 0.2) is 55.5 Å². The molecule has 4 rings (SSSR count). The molecule has 10 nitrogen and oxygen atoms in total. The lowest BCUT2D eigenvalue weighted by Crippen LogP contribution is -2.16. The van der Waals surface area contributed by atoms with Crippen LogP contribution in [0, 0.1) is 10.1 Å². The van der Waals surface area contributed by atoms with E-state index in [1.807, 2.05) is 11.4 Å². The zero-order valence-corrected chi connectivity index (χ0v) is 13.8. The largest absolute Gasteiger partial charge is 0.437 e. The van der Waals surface area contributed by atoms with Crippen molar-refractivity contribution in [3.8, 4) is 22.2 Å². The highest BCUT2D eigenvalue weighted by molar-refractivity contribution is 7.13. The second kappa shape index (κ2) is 6.37. The van der Waals surface area contributed by atoms with Crippen molar-refractivity contribution >= 4 is 17.0 Å². The number of nitro benzene ring substituents is 1. The van der Waals surface area contributed by atoms with Gasteiger partial charge in [-0.3, -0.25) is 10.1 Å². The molecule has 130 valence electrons. The van der Waals surface area contributed by atoms with Crippen molar-refractivity contribution in [3.05, 3.63) is 68.3 Å². The maximum atomic E-state index is 11.9. The maximum absolute atomic E-state index is 11.9. The van der Waals surface area contributed by atoms with E-state index in [1.165, 1.54) is 35.6 Å². The van der Waals surface area contributed by atoms with E-state index in [0.717, 1.165) is 9.56 Å². The third-order valence-electron chi connectivity index (χ3n) is 3.43. The fourth-order valence-corrected chi connectivity index (χ4v) is 2.85. The first-order valence-electron chi connectivity index (χ1n) is 7.29. The molecule has 0 amide bonds. The fraction of sp³-hybridized carbons (Fsp3) is 0.0667. The van der Waals surface area contributed by atoms with Crippen molar-refractivity contribution in [1.29, 1.82) is 0 Å². The monoisotopic (exact) mass is 371 g/mol. The van der Waals surface area contributed by atoms with Gasteiger partial charge in [-0.15, -0.1) is 16.4 Å². The molecule has 0 saturated carbocycles. The van der Waals surface area contributed by atoms with Gasteiger partial charge in [-0.25, -0.2) is 4.79 Å². The summed E-state index contributed by atoms with van der Waals surface area (Å²) in [6, 6.07) is 9.35. The van der Waals surface area contributed by atoms with Crippen LogP contribution in [0.2, 0.25) is 0 Å². The molecular formula is C15H9N5O5S. The first-order chi connectivity index (χ1) is 12.6. The fourth-order valence-electron chi connectivity index (χ4n) is 2.20. The molecule has 0 aliphatic heterocycles. The van der Waals surface area contributed by atoms with Crippen LogP contribution in [0.25, 0.3) is 22.2 Å². The molecule has 3 heterocycles. The summed E-state index contributed by atoms with van der Waals surface area (Å²) in [6.07, 6.45) is 0. The van der Waals surface area contributed by atoms with Crippen LogP contribution < -0.4 is 5.76 Å². The Hall–Kier alpha value is -3.60. The second-order valence-corrected chi connectivity index (χ2v) is 6.07. The summed E-state index contributed by atoms with van der Waals surface area (Å²) in [5.74, 6) is -0.00000180. The second-order valence-electron chi connectivity index (χ2n) is 5.12. The Bertz CT molecular complexity index is 1110. The Labute approximate surface area is 148 Å². The number of hydrogen-bond acceptors (Lipinski definition) is 9. The first kappa shape index (κ1) is 15.9. The van der Waals surface area contributed by atoms with E-state index in [4.69, 9.17) is 8.94 Å². The van der Waals surface area contributed by atoms with E-state index in [1.54, 1.807) is 6.07 Å². The van der Waals surface area contributed by atoms with Crippen molar-refractivity contribution in [2.45, 2.75) is 6.54 Å². The Morgan fingerprint density at radius 2 is 2.04 bits per heavy atom. The van der Waals surface area contributed by atoms with Gasteiger partial charge in [0.25, 0.3) is 11.6 Å².